The van der Waals surface area contributed by atoms with Crippen LogP contribution < -0.4 is 43.0 Å². The van der Waals surface area contributed by atoms with Crippen molar-refractivity contribution in [3.63, 3.8) is 0 Å². The first-order valence-corrected chi connectivity index (χ1v) is 24.1. The van der Waals surface area contributed by atoms with Gasteiger partial charge in [-0.05, 0) is 67.4 Å². The minimum atomic E-state index is -1.75. The van der Waals surface area contributed by atoms with Gasteiger partial charge in [0.2, 0.25) is 53.2 Å². The summed E-state index contributed by atoms with van der Waals surface area (Å²) in [6.45, 7) is 6.68. The van der Waals surface area contributed by atoms with E-state index in [1.54, 1.807) is 26.0 Å². The molecule has 0 bridgehead atoms. The van der Waals surface area contributed by atoms with E-state index in [1.807, 2.05) is 13.8 Å². The molecule has 1 aromatic rings. The Morgan fingerprint density at radius 3 is 2.16 bits per heavy atom. The predicted molar refractivity (Wildman–Crippen MR) is 249 cm³/mol. The quantitative estimate of drug-likeness (QED) is 0.0793. The number of aliphatic carboxylic acids is 1. The molecule has 9 amide bonds. The van der Waals surface area contributed by atoms with Gasteiger partial charge in [-0.25, -0.2) is 0 Å². The fraction of sp³-hybridized carbons (Fsp3) is 0.622. The molecule has 0 spiro atoms. The van der Waals surface area contributed by atoms with Crippen LogP contribution in [0.3, 0.4) is 0 Å². The molecule has 0 radical (unpaired) electrons. The van der Waals surface area contributed by atoms with Gasteiger partial charge in [0.25, 0.3) is 0 Å². The SMILES string of the molecule is CC[C@H](C)[C@@H]1NC(=O)[C@H](Cc2ccc(O)cc2)NC(=O)CCCSC[C@@H](C(=O)N2CCC[C@H]2C(=O)N[C@@H](CC(C)C)C(=O)NCC(=O)OC)NC(=O)[C@H](CC(N)=O)NC(=O)[C@H](CCC(=O)O)NC1=O. The van der Waals surface area contributed by atoms with Crippen molar-refractivity contribution in [1.82, 2.24) is 42.1 Å². The fourth-order valence-electron chi connectivity index (χ4n) is 7.59. The number of nitrogens with zero attached hydrogens (tertiary/aromatic N) is 1. The first-order valence-electron chi connectivity index (χ1n) is 23.0. The number of carboxylic acid groups (broad SMARTS) is 1. The minimum Gasteiger partial charge on any atom is -0.508 e. The van der Waals surface area contributed by atoms with Crippen molar-refractivity contribution in [3.8, 4) is 5.75 Å². The summed E-state index contributed by atoms with van der Waals surface area (Å²) >= 11 is 1.16. The zero-order valence-electron chi connectivity index (χ0n) is 39.6. The van der Waals surface area contributed by atoms with Crippen molar-refractivity contribution in [2.45, 2.75) is 134 Å². The maximum Gasteiger partial charge on any atom is 0.325 e. The lowest BCUT2D eigenvalue weighted by Crippen LogP contribution is -2.61. The second kappa shape index (κ2) is 28.1. The molecule has 2 heterocycles. The number of benzene rings is 1. The highest BCUT2D eigenvalue weighted by Crippen LogP contribution is 2.22. The average molecular weight is 990 g/mol. The number of carboxylic acids is 1. The Bertz CT molecular complexity index is 2020. The zero-order valence-corrected chi connectivity index (χ0v) is 40.4. The molecule has 69 heavy (non-hydrogen) atoms. The van der Waals surface area contributed by atoms with Gasteiger partial charge < -0.3 is 62.8 Å². The molecule has 24 heteroatoms. The molecule has 8 atom stereocenters. The van der Waals surface area contributed by atoms with Crippen LogP contribution >= 0.6 is 11.8 Å². The third-order valence-corrected chi connectivity index (χ3v) is 12.7. The van der Waals surface area contributed by atoms with E-state index in [4.69, 9.17) is 5.73 Å². The van der Waals surface area contributed by atoms with E-state index >= 15 is 0 Å². The van der Waals surface area contributed by atoms with Gasteiger partial charge in [0, 0.05) is 31.6 Å². The number of methoxy groups -OCH3 is 1. The maximum atomic E-state index is 14.5. The van der Waals surface area contributed by atoms with Crippen LogP contribution in [0, 0.1) is 11.8 Å². The summed E-state index contributed by atoms with van der Waals surface area (Å²) in [5.41, 5.74) is 6.06. The Labute approximate surface area is 404 Å². The molecule has 382 valence electrons. The highest BCUT2D eigenvalue weighted by molar-refractivity contribution is 7.99. The van der Waals surface area contributed by atoms with Gasteiger partial charge in [0.15, 0.2) is 0 Å². The van der Waals surface area contributed by atoms with Crippen LogP contribution in [-0.4, -0.2) is 154 Å². The second-order valence-corrected chi connectivity index (χ2v) is 18.7. The van der Waals surface area contributed by atoms with Crippen LogP contribution in [0.4, 0.5) is 0 Å². The molecule has 2 aliphatic rings. The summed E-state index contributed by atoms with van der Waals surface area (Å²) < 4.78 is 4.59. The number of nitrogens with one attached hydrogen (secondary N) is 7. The predicted octanol–water partition coefficient (Wildman–Crippen LogP) is -1.52. The van der Waals surface area contributed by atoms with Crippen LogP contribution in [0.1, 0.15) is 91.0 Å². The molecule has 0 aromatic heterocycles. The van der Waals surface area contributed by atoms with E-state index in [9.17, 15) is 63.0 Å². The average Bonchev–Trinajstić information content (AvgIpc) is 3.80. The zero-order chi connectivity index (χ0) is 51.4. The van der Waals surface area contributed by atoms with Gasteiger partial charge in [-0.3, -0.25) is 52.7 Å². The van der Waals surface area contributed by atoms with Crippen molar-refractivity contribution < 1.29 is 67.7 Å². The summed E-state index contributed by atoms with van der Waals surface area (Å²) in [6, 6.07) is -3.60. The molecule has 0 aliphatic carbocycles. The van der Waals surface area contributed by atoms with Crippen LogP contribution in [-0.2, 0) is 63.9 Å². The smallest absolute Gasteiger partial charge is 0.325 e. The number of hydrogen-bond donors (Lipinski definition) is 10. The molecule has 2 fully saturated rings. The molecule has 2 aliphatic heterocycles. The highest BCUT2D eigenvalue weighted by atomic mass is 32.2. The summed E-state index contributed by atoms with van der Waals surface area (Å²) in [7, 11) is 1.15. The Morgan fingerprint density at radius 1 is 0.884 bits per heavy atom. The third-order valence-electron chi connectivity index (χ3n) is 11.5. The topological polar surface area (TPSA) is 351 Å². The van der Waals surface area contributed by atoms with Crippen LogP contribution in [0.15, 0.2) is 24.3 Å². The maximum absolute atomic E-state index is 14.5. The lowest BCUT2D eigenvalue weighted by atomic mass is 9.96. The number of phenols is 1. The first-order chi connectivity index (χ1) is 32.6. The number of nitrogens with two attached hydrogens (primary N) is 1. The summed E-state index contributed by atoms with van der Waals surface area (Å²) in [5, 5.41) is 37.3. The number of thioether (sulfide) groups is 1. The number of phenolic OH excluding ortho intramolecular Hbond substituents is 1. The lowest BCUT2D eigenvalue weighted by molar-refractivity contribution is -0.143. The van der Waals surface area contributed by atoms with Crippen molar-refractivity contribution in [3.05, 3.63) is 29.8 Å². The van der Waals surface area contributed by atoms with Crippen molar-refractivity contribution in [2.24, 2.45) is 17.6 Å². The molecule has 3 rings (SSSR count). The Hall–Kier alpha value is -6.46. The van der Waals surface area contributed by atoms with Crippen molar-refractivity contribution in [2.75, 3.05) is 31.7 Å². The number of carbonyl (C=O) groups excluding carboxylic acids is 10. The normalized spacial score (nSPS) is 23.2. The number of esters is 1. The molecule has 2 saturated heterocycles. The van der Waals surface area contributed by atoms with Crippen molar-refractivity contribution in [1.29, 1.82) is 0 Å². The van der Waals surface area contributed by atoms with Gasteiger partial charge in [-0.1, -0.05) is 46.2 Å². The van der Waals surface area contributed by atoms with E-state index < -0.39 is 139 Å². The minimum absolute atomic E-state index is 0.0302. The number of amides is 9. The van der Waals surface area contributed by atoms with E-state index in [-0.39, 0.29) is 61.8 Å². The number of hydrogen-bond acceptors (Lipinski definition) is 14. The van der Waals surface area contributed by atoms with Gasteiger partial charge >= 0.3 is 11.9 Å². The molecular weight excluding hydrogens is 923 g/mol. The number of rotatable bonds is 17. The number of carbonyl (C=O) groups is 11. The molecule has 1 aromatic carbocycles. The molecular formula is C45H67N9O14S. The summed E-state index contributed by atoms with van der Waals surface area (Å²) in [4.78, 5) is 148. The largest absolute Gasteiger partial charge is 0.508 e. The Balaban J connectivity index is 2.01. The number of primary amides is 1. The van der Waals surface area contributed by atoms with Gasteiger partial charge in [0.05, 0.1) is 13.5 Å². The first kappa shape index (κ1) is 56.9. The highest BCUT2D eigenvalue weighted by Gasteiger charge is 2.41. The monoisotopic (exact) mass is 989 g/mol. The van der Waals surface area contributed by atoms with E-state index in [2.05, 4.69) is 42.0 Å². The standard InChI is InChI=1S/C45H67N9O14S/c1-6-25(4)38-44(66)49-28(15-16-36(58)59)40(62)50-31(21-34(46)56)41(63)52-32(23-69-18-8-10-35(57)48-30(42(64)53-38)20-26-11-13-27(55)14-12-26)45(67)54-17-7-9-33(54)43(65)51-29(19-24(2)3)39(61)47-22-37(60)68-5/h11-14,24-25,28-33,38,55H,6-10,15-23H2,1-5H3,(H2,46,56)(H,47,61)(H,48,57)(H,49,66)(H,50,62)(H,51,65)(H,52,63)(H,53,64)(H,58,59)/t25-,28-,29-,30-,31-,32-,33-,38-/m0/s1. The number of likely N-dealkylation sites (tertiary alicyclic amines) is 1. The number of ether oxygens (including phenoxy) is 1. The van der Waals surface area contributed by atoms with Gasteiger partial charge in [-0.2, -0.15) is 11.8 Å². The van der Waals surface area contributed by atoms with Crippen LogP contribution in [0.25, 0.3) is 0 Å². The second-order valence-electron chi connectivity index (χ2n) is 17.5. The molecule has 11 N–H and O–H groups in total. The molecule has 0 saturated carbocycles. The van der Waals surface area contributed by atoms with Gasteiger partial charge in [0.1, 0.15) is 54.6 Å². The Kier molecular flexibility index (Phi) is 23.2. The van der Waals surface area contributed by atoms with E-state index in [0.29, 0.717) is 18.4 Å². The van der Waals surface area contributed by atoms with E-state index in [0.717, 1.165) is 18.9 Å². The third kappa shape index (κ3) is 18.9. The molecule has 23 nitrogen and oxygen atoms in total. The van der Waals surface area contributed by atoms with Crippen LogP contribution in [0.2, 0.25) is 0 Å². The summed E-state index contributed by atoms with van der Waals surface area (Å²) in [6.07, 6.45) is -0.774. The van der Waals surface area contributed by atoms with Gasteiger partial charge in [-0.15, -0.1) is 0 Å². The number of aromatic hydroxyl groups is 1. The van der Waals surface area contributed by atoms with Crippen molar-refractivity contribution >= 4 is 76.9 Å². The fourth-order valence-corrected chi connectivity index (χ4v) is 8.57. The lowest BCUT2D eigenvalue weighted by Gasteiger charge is -2.31. The Morgan fingerprint density at radius 2 is 1.54 bits per heavy atom. The van der Waals surface area contributed by atoms with Crippen LogP contribution in [0.5, 0.6) is 5.75 Å². The summed E-state index contributed by atoms with van der Waals surface area (Å²) in [5.74, 6) is -10.0. The van der Waals surface area contributed by atoms with E-state index in [1.165, 1.54) is 17.0 Å². The molecule has 0 unspecified atom stereocenters.